The number of carbonyl (C=O) groups excluding carboxylic acids is 1. The van der Waals surface area contributed by atoms with Crippen molar-refractivity contribution in [1.29, 1.82) is 0 Å². The number of alkyl halides is 3. The molecule has 4 nitrogen and oxygen atoms in total. The van der Waals surface area contributed by atoms with Crippen molar-refractivity contribution in [1.82, 2.24) is 5.01 Å². The topological polar surface area (TPSA) is 52.9 Å². The van der Waals surface area contributed by atoms with Crippen LogP contribution in [0.1, 0.15) is 75.2 Å². The first-order chi connectivity index (χ1) is 12.9. The van der Waals surface area contributed by atoms with Gasteiger partial charge < -0.3 is 5.11 Å². The van der Waals surface area contributed by atoms with Crippen LogP contribution < -0.4 is 0 Å². The number of nitrogens with zero attached hydrogens (tertiary/aromatic N) is 2. The third kappa shape index (κ3) is 3.81. The van der Waals surface area contributed by atoms with Gasteiger partial charge in [-0.25, -0.2) is 0 Å². The van der Waals surface area contributed by atoms with Crippen LogP contribution in [0.5, 0.6) is 0 Å². The van der Waals surface area contributed by atoms with Crippen molar-refractivity contribution in [2.75, 3.05) is 0 Å². The molecular formula is C21H27F3N2O2. The Balaban J connectivity index is 1.92. The molecule has 1 unspecified atom stereocenters. The molecule has 0 saturated heterocycles. The van der Waals surface area contributed by atoms with E-state index in [1.807, 2.05) is 20.8 Å². The summed E-state index contributed by atoms with van der Waals surface area (Å²) in [4.78, 5) is 12.9. The lowest BCUT2D eigenvalue weighted by Crippen LogP contribution is -2.56. The van der Waals surface area contributed by atoms with Crippen LogP contribution in [0, 0.1) is 5.92 Å². The molecule has 1 aromatic rings. The Hall–Kier alpha value is -1.89. The molecule has 2 aliphatic rings. The summed E-state index contributed by atoms with van der Waals surface area (Å²) in [6, 6.07) is 6.44. The fourth-order valence-corrected chi connectivity index (χ4v) is 3.90. The zero-order chi connectivity index (χ0) is 20.7. The molecule has 154 valence electrons. The third-order valence-electron chi connectivity index (χ3n) is 5.73. The molecule has 0 spiro atoms. The summed E-state index contributed by atoms with van der Waals surface area (Å²) in [6.45, 7) is 6.02. The molecule has 1 fully saturated rings. The van der Waals surface area contributed by atoms with Crippen LogP contribution in [-0.2, 0) is 5.41 Å². The lowest BCUT2D eigenvalue weighted by atomic mass is 9.83. The molecule has 0 radical (unpaired) electrons. The van der Waals surface area contributed by atoms with Gasteiger partial charge in [-0.2, -0.15) is 23.3 Å². The minimum absolute atomic E-state index is 0.0734. The van der Waals surface area contributed by atoms with E-state index in [1.54, 1.807) is 12.1 Å². The van der Waals surface area contributed by atoms with Crippen LogP contribution in [-0.4, -0.2) is 33.6 Å². The Morgan fingerprint density at radius 2 is 1.68 bits per heavy atom. The molecule has 3 rings (SSSR count). The van der Waals surface area contributed by atoms with Gasteiger partial charge in [0.1, 0.15) is 0 Å². The van der Waals surface area contributed by atoms with Gasteiger partial charge in [-0.3, -0.25) is 4.79 Å². The van der Waals surface area contributed by atoms with Crippen LogP contribution in [0.2, 0.25) is 0 Å². The predicted molar refractivity (Wildman–Crippen MR) is 101 cm³/mol. The second kappa shape index (κ2) is 7.17. The van der Waals surface area contributed by atoms with E-state index in [9.17, 15) is 23.1 Å². The standard InChI is InChI=1S/C21H27F3N2O2/c1-19(2,3)16-11-9-15(10-12-16)18(27)26-20(28,21(22,23)24)13-17(25-26)14-7-5-4-6-8-14/h9-12,14,28H,4-8,13H2,1-3H3. The van der Waals surface area contributed by atoms with Crippen LogP contribution in [0.4, 0.5) is 13.2 Å². The maximum Gasteiger partial charge on any atom is 0.438 e. The van der Waals surface area contributed by atoms with Crippen molar-refractivity contribution in [2.24, 2.45) is 11.0 Å². The summed E-state index contributed by atoms with van der Waals surface area (Å²) in [7, 11) is 0. The zero-order valence-electron chi connectivity index (χ0n) is 16.5. The number of amides is 1. The quantitative estimate of drug-likeness (QED) is 0.763. The smallest absolute Gasteiger partial charge is 0.362 e. The van der Waals surface area contributed by atoms with Crippen LogP contribution in [0.3, 0.4) is 0 Å². The van der Waals surface area contributed by atoms with Crippen LogP contribution in [0.15, 0.2) is 29.4 Å². The number of aliphatic hydroxyl groups is 1. The van der Waals surface area contributed by atoms with Crippen molar-refractivity contribution in [3.05, 3.63) is 35.4 Å². The minimum atomic E-state index is -4.99. The van der Waals surface area contributed by atoms with Gasteiger partial charge in [0.2, 0.25) is 0 Å². The van der Waals surface area contributed by atoms with E-state index in [1.165, 1.54) is 12.1 Å². The maximum absolute atomic E-state index is 13.7. The van der Waals surface area contributed by atoms with E-state index in [0.29, 0.717) is 0 Å². The number of halogens is 3. The summed E-state index contributed by atoms with van der Waals surface area (Å²) in [6.07, 6.45) is -1.27. The zero-order valence-corrected chi connectivity index (χ0v) is 16.5. The molecule has 1 heterocycles. The molecule has 1 aromatic carbocycles. The summed E-state index contributed by atoms with van der Waals surface area (Å²) < 4.78 is 41.1. The van der Waals surface area contributed by atoms with Gasteiger partial charge >= 0.3 is 6.18 Å². The summed E-state index contributed by atoms with van der Waals surface area (Å²) in [5.74, 6) is -1.05. The van der Waals surface area contributed by atoms with E-state index in [0.717, 1.165) is 37.7 Å². The number of hydrogen-bond donors (Lipinski definition) is 1. The fraction of sp³-hybridized carbons (Fsp3) is 0.619. The van der Waals surface area contributed by atoms with E-state index < -0.39 is 24.2 Å². The SMILES string of the molecule is CC(C)(C)c1ccc(C(=O)N2N=C(C3CCCCC3)CC2(O)C(F)(F)F)cc1. The van der Waals surface area contributed by atoms with Gasteiger partial charge in [0.25, 0.3) is 11.6 Å². The first-order valence-corrected chi connectivity index (χ1v) is 9.75. The molecular weight excluding hydrogens is 369 g/mol. The molecule has 1 atom stereocenters. The molecule has 28 heavy (non-hydrogen) atoms. The Bertz CT molecular complexity index is 759. The maximum atomic E-state index is 13.7. The highest BCUT2D eigenvalue weighted by molar-refractivity contribution is 5.99. The average Bonchev–Trinajstić information content (AvgIpc) is 3.00. The van der Waals surface area contributed by atoms with Crippen LogP contribution in [0.25, 0.3) is 0 Å². The Morgan fingerprint density at radius 1 is 1.11 bits per heavy atom. The third-order valence-corrected chi connectivity index (χ3v) is 5.73. The molecule has 0 bridgehead atoms. The van der Waals surface area contributed by atoms with Gasteiger partial charge in [0.05, 0.1) is 0 Å². The van der Waals surface area contributed by atoms with Crippen molar-refractivity contribution in [3.63, 3.8) is 0 Å². The van der Waals surface area contributed by atoms with E-state index in [2.05, 4.69) is 5.10 Å². The highest BCUT2D eigenvalue weighted by Crippen LogP contribution is 2.43. The predicted octanol–water partition coefficient (Wildman–Crippen LogP) is 5.02. The van der Waals surface area contributed by atoms with Crippen molar-refractivity contribution >= 4 is 11.6 Å². The number of carbonyl (C=O) groups is 1. The van der Waals surface area contributed by atoms with Gasteiger partial charge in [0, 0.05) is 17.7 Å². The van der Waals surface area contributed by atoms with Crippen molar-refractivity contribution in [3.8, 4) is 0 Å². The highest BCUT2D eigenvalue weighted by Gasteiger charge is 2.63. The van der Waals surface area contributed by atoms with Gasteiger partial charge in [0.15, 0.2) is 0 Å². The normalized spacial score (nSPS) is 24.4. The number of hydrogen-bond acceptors (Lipinski definition) is 3. The lowest BCUT2D eigenvalue weighted by Gasteiger charge is -2.33. The van der Waals surface area contributed by atoms with E-state index in [4.69, 9.17) is 0 Å². The first-order valence-electron chi connectivity index (χ1n) is 9.75. The minimum Gasteiger partial charge on any atom is -0.362 e. The number of hydrazone groups is 1. The van der Waals surface area contributed by atoms with Crippen molar-refractivity contribution < 1.29 is 23.1 Å². The number of benzene rings is 1. The molecule has 1 aliphatic heterocycles. The van der Waals surface area contributed by atoms with Gasteiger partial charge in [-0.1, -0.05) is 52.2 Å². The summed E-state index contributed by atoms with van der Waals surface area (Å²) >= 11 is 0. The molecule has 1 N–H and O–H groups in total. The fourth-order valence-electron chi connectivity index (χ4n) is 3.90. The van der Waals surface area contributed by atoms with Crippen molar-refractivity contribution in [2.45, 2.75) is 76.6 Å². The summed E-state index contributed by atoms with van der Waals surface area (Å²) in [5.41, 5.74) is -2.13. The molecule has 0 aromatic heterocycles. The van der Waals surface area contributed by atoms with Gasteiger partial charge in [-0.15, -0.1) is 0 Å². The monoisotopic (exact) mass is 396 g/mol. The largest absolute Gasteiger partial charge is 0.438 e. The van der Waals surface area contributed by atoms with E-state index in [-0.39, 0.29) is 27.6 Å². The lowest BCUT2D eigenvalue weighted by molar-refractivity contribution is -0.297. The molecule has 1 aliphatic carbocycles. The first kappa shape index (κ1) is 20.8. The second-order valence-corrected chi connectivity index (χ2v) is 8.86. The molecule has 7 heteroatoms. The average molecular weight is 396 g/mol. The Kier molecular flexibility index (Phi) is 5.34. The summed E-state index contributed by atoms with van der Waals surface area (Å²) in [5, 5.41) is 14.7. The van der Waals surface area contributed by atoms with Gasteiger partial charge in [-0.05, 0) is 41.9 Å². The number of rotatable bonds is 2. The molecule has 1 saturated carbocycles. The Labute approximate surface area is 163 Å². The van der Waals surface area contributed by atoms with E-state index >= 15 is 0 Å². The van der Waals surface area contributed by atoms with Crippen LogP contribution >= 0.6 is 0 Å². The Morgan fingerprint density at radius 3 is 2.18 bits per heavy atom. The molecule has 1 amide bonds. The second-order valence-electron chi connectivity index (χ2n) is 8.86. The highest BCUT2D eigenvalue weighted by atomic mass is 19.4.